The normalized spacial score (nSPS) is 14.7. The molecule has 7 heteroatoms. The largest absolute Gasteiger partial charge is 0.383 e. The first-order valence-corrected chi connectivity index (χ1v) is 8.32. The highest BCUT2D eigenvalue weighted by Crippen LogP contribution is 2.19. The van der Waals surface area contributed by atoms with E-state index in [1.54, 1.807) is 19.4 Å². The van der Waals surface area contributed by atoms with Crippen LogP contribution in [0.15, 0.2) is 24.4 Å². The first-order valence-electron chi connectivity index (χ1n) is 8.32. The summed E-state index contributed by atoms with van der Waals surface area (Å²) in [4.78, 5) is 20.9. The number of carbonyl (C=O) groups excluding carboxylic acids is 1. The Labute approximate surface area is 141 Å². The zero-order chi connectivity index (χ0) is 16.8. The van der Waals surface area contributed by atoms with Gasteiger partial charge in [0, 0.05) is 19.7 Å². The lowest BCUT2D eigenvalue weighted by atomic mass is 10.2. The van der Waals surface area contributed by atoms with E-state index in [0.717, 1.165) is 29.6 Å². The Morgan fingerprint density at radius 1 is 1.29 bits per heavy atom. The van der Waals surface area contributed by atoms with Crippen LogP contribution in [0.3, 0.4) is 0 Å². The first kappa shape index (κ1) is 16.4. The summed E-state index contributed by atoms with van der Waals surface area (Å²) >= 11 is 0. The lowest BCUT2D eigenvalue weighted by molar-refractivity contribution is 0.211. The lowest BCUT2D eigenvalue weighted by Crippen LogP contribution is -2.36. The van der Waals surface area contributed by atoms with E-state index >= 15 is 0 Å². The smallest absolute Gasteiger partial charge is 0.320 e. The van der Waals surface area contributed by atoms with E-state index in [2.05, 4.69) is 25.9 Å². The molecule has 0 radical (unpaired) electrons. The van der Waals surface area contributed by atoms with Crippen molar-refractivity contribution in [2.75, 3.05) is 30.9 Å². The van der Waals surface area contributed by atoms with Crippen LogP contribution in [-0.2, 0) is 4.74 Å². The first-order chi connectivity index (χ1) is 11.7. The minimum atomic E-state index is -0.198. The molecular weight excluding hydrogens is 306 g/mol. The molecular formula is C17H23N5O2. The molecule has 0 aliphatic heterocycles. The van der Waals surface area contributed by atoms with E-state index in [4.69, 9.17) is 4.74 Å². The van der Waals surface area contributed by atoms with Gasteiger partial charge in [0.1, 0.15) is 5.82 Å². The number of aromatic nitrogens is 2. The molecule has 0 bridgehead atoms. The number of nitrogens with zero attached hydrogens (tertiary/aromatic N) is 2. The van der Waals surface area contributed by atoms with Crippen molar-refractivity contribution >= 4 is 28.6 Å². The second-order valence-electron chi connectivity index (χ2n) is 5.96. The molecule has 0 atom stereocenters. The number of ether oxygens (including phenoxy) is 1. The number of methoxy groups -OCH3 is 1. The van der Waals surface area contributed by atoms with Gasteiger partial charge in [-0.05, 0) is 31.0 Å². The maximum Gasteiger partial charge on any atom is 0.320 e. The van der Waals surface area contributed by atoms with E-state index < -0.39 is 0 Å². The zero-order valence-corrected chi connectivity index (χ0v) is 13.8. The van der Waals surface area contributed by atoms with E-state index in [1.165, 1.54) is 12.8 Å². The second kappa shape index (κ2) is 7.92. The fourth-order valence-electron chi connectivity index (χ4n) is 2.88. The molecule has 0 unspecified atom stereocenters. The van der Waals surface area contributed by atoms with Gasteiger partial charge in [-0.3, -0.25) is 10.3 Å². The van der Waals surface area contributed by atoms with Gasteiger partial charge in [0.05, 0.1) is 29.5 Å². The molecule has 24 heavy (non-hydrogen) atoms. The SMILES string of the molecule is COCCNc1cnc2ccc(NC(=O)NC3CCCC3)nc2c1. The van der Waals surface area contributed by atoms with Gasteiger partial charge >= 0.3 is 6.03 Å². The molecule has 1 aliphatic rings. The molecule has 3 rings (SSSR count). The Hall–Kier alpha value is -2.41. The van der Waals surface area contributed by atoms with Crippen molar-refractivity contribution in [1.29, 1.82) is 0 Å². The van der Waals surface area contributed by atoms with Gasteiger partial charge in [0.15, 0.2) is 0 Å². The average Bonchev–Trinajstić information content (AvgIpc) is 3.07. The van der Waals surface area contributed by atoms with Crippen LogP contribution in [0.25, 0.3) is 11.0 Å². The summed E-state index contributed by atoms with van der Waals surface area (Å²) in [6, 6.07) is 5.62. The highest BCUT2D eigenvalue weighted by molar-refractivity contribution is 5.90. The van der Waals surface area contributed by atoms with Gasteiger partial charge in [0.2, 0.25) is 0 Å². The molecule has 1 fully saturated rings. The number of rotatable bonds is 6. The predicted molar refractivity (Wildman–Crippen MR) is 94.3 cm³/mol. The maximum absolute atomic E-state index is 12.0. The number of hydrogen-bond acceptors (Lipinski definition) is 5. The fraction of sp³-hybridized carbons (Fsp3) is 0.471. The molecule has 2 heterocycles. The molecule has 2 aromatic rings. The van der Waals surface area contributed by atoms with Crippen molar-refractivity contribution < 1.29 is 9.53 Å². The van der Waals surface area contributed by atoms with Crippen molar-refractivity contribution in [2.24, 2.45) is 0 Å². The summed E-state index contributed by atoms with van der Waals surface area (Å²) in [5, 5.41) is 9.01. The Kier molecular flexibility index (Phi) is 5.43. The van der Waals surface area contributed by atoms with Gasteiger partial charge < -0.3 is 15.4 Å². The number of anilines is 2. The van der Waals surface area contributed by atoms with E-state index in [0.29, 0.717) is 19.0 Å². The molecule has 0 aromatic carbocycles. The number of carbonyl (C=O) groups is 1. The monoisotopic (exact) mass is 329 g/mol. The van der Waals surface area contributed by atoms with Crippen molar-refractivity contribution in [2.45, 2.75) is 31.7 Å². The van der Waals surface area contributed by atoms with E-state index in [-0.39, 0.29) is 12.1 Å². The summed E-state index contributed by atoms with van der Waals surface area (Å²) in [6.45, 7) is 1.32. The third-order valence-corrected chi connectivity index (χ3v) is 4.10. The highest BCUT2D eigenvalue weighted by atomic mass is 16.5. The topological polar surface area (TPSA) is 88.2 Å². The van der Waals surface area contributed by atoms with Gasteiger partial charge in [-0.2, -0.15) is 0 Å². The molecule has 2 aromatic heterocycles. The van der Waals surface area contributed by atoms with Crippen molar-refractivity contribution in [3.05, 3.63) is 24.4 Å². The van der Waals surface area contributed by atoms with Crippen LogP contribution in [0.4, 0.5) is 16.3 Å². The second-order valence-corrected chi connectivity index (χ2v) is 5.96. The number of fused-ring (bicyclic) bond motifs is 1. The summed E-state index contributed by atoms with van der Waals surface area (Å²) in [5.41, 5.74) is 2.39. The highest BCUT2D eigenvalue weighted by Gasteiger charge is 2.17. The Morgan fingerprint density at radius 3 is 2.92 bits per heavy atom. The Balaban J connectivity index is 1.65. The van der Waals surface area contributed by atoms with Crippen molar-refractivity contribution in [1.82, 2.24) is 15.3 Å². The number of nitrogens with one attached hydrogen (secondary N) is 3. The van der Waals surface area contributed by atoms with Gasteiger partial charge in [0.25, 0.3) is 0 Å². The average molecular weight is 329 g/mol. The van der Waals surface area contributed by atoms with Crippen LogP contribution in [0, 0.1) is 0 Å². The zero-order valence-electron chi connectivity index (χ0n) is 13.8. The summed E-state index contributed by atoms with van der Waals surface area (Å²) < 4.78 is 5.02. The third-order valence-electron chi connectivity index (χ3n) is 4.10. The van der Waals surface area contributed by atoms with Gasteiger partial charge in [-0.1, -0.05) is 12.8 Å². The summed E-state index contributed by atoms with van der Waals surface area (Å²) in [6.07, 6.45) is 6.24. The van der Waals surface area contributed by atoms with Crippen LogP contribution >= 0.6 is 0 Å². The molecule has 0 spiro atoms. The summed E-state index contributed by atoms with van der Waals surface area (Å²) in [5.74, 6) is 0.522. The Bertz CT molecular complexity index is 700. The van der Waals surface area contributed by atoms with Crippen LogP contribution in [0.2, 0.25) is 0 Å². The lowest BCUT2D eigenvalue weighted by Gasteiger charge is -2.13. The van der Waals surface area contributed by atoms with Gasteiger partial charge in [-0.15, -0.1) is 0 Å². The molecule has 1 saturated carbocycles. The molecule has 3 N–H and O–H groups in total. The van der Waals surface area contributed by atoms with Crippen LogP contribution in [0.5, 0.6) is 0 Å². The molecule has 7 nitrogen and oxygen atoms in total. The fourth-order valence-corrected chi connectivity index (χ4v) is 2.88. The standard InChI is InChI=1S/C17H23N5O2/c1-24-9-8-18-13-10-15-14(19-11-13)6-7-16(21-15)22-17(23)20-12-4-2-3-5-12/h6-7,10-12,18H,2-5,8-9H2,1H3,(H2,20,21,22,23). The quantitative estimate of drug-likeness (QED) is 0.709. The van der Waals surface area contributed by atoms with Crippen molar-refractivity contribution in [3.63, 3.8) is 0 Å². The van der Waals surface area contributed by atoms with Crippen LogP contribution in [-0.4, -0.2) is 42.3 Å². The number of hydrogen-bond donors (Lipinski definition) is 3. The number of urea groups is 1. The third kappa shape index (κ3) is 4.32. The molecule has 128 valence electrons. The van der Waals surface area contributed by atoms with E-state index in [9.17, 15) is 4.79 Å². The van der Waals surface area contributed by atoms with Crippen LogP contribution < -0.4 is 16.0 Å². The predicted octanol–water partition coefficient (Wildman–Crippen LogP) is 2.75. The minimum absolute atomic E-state index is 0.198. The Morgan fingerprint density at radius 2 is 2.12 bits per heavy atom. The van der Waals surface area contributed by atoms with Crippen LogP contribution in [0.1, 0.15) is 25.7 Å². The van der Waals surface area contributed by atoms with E-state index in [1.807, 2.05) is 12.1 Å². The summed E-state index contributed by atoms with van der Waals surface area (Å²) in [7, 11) is 1.66. The van der Waals surface area contributed by atoms with Gasteiger partial charge in [-0.25, -0.2) is 9.78 Å². The number of amides is 2. The van der Waals surface area contributed by atoms with Crippen molar-refractivity contribution in [3.8, 4) is 0 Å². The molecule has 1 aliphatic carbocycles. The molecule has 2 amide bonds. The maximum atomic E-state index is 12.0. The minimum Gasteiger partial charge on any atom is -0.383 e. The number of pyridine rings is 2. The molecule has 0 saturated heterocycles.